The Kier molecular flexibility index (Phi) is 19.8. The summed E-state index contributed by atoms with van der Waals surface area (Å²) in [7, 11) is -1.75. The first-order valence-corrected chi connectivity index (χ1v) is 11.7. The van der Waals surface area contributed by atoms with Gasteiger partial charge in [0.2, 0.25) is 0 Å². The standard InChI is InChI=1S/C19H24O2Si.3CO.Cr/c1-15-10-8-9-13-17(15)19(21-22(2,3)4)14-18(20)16-11-6-5-7-12-16;3*1-2;/h5-13,19H,14H2,1-4H3;;;;/t19-;;;;/m0..../s1. The van der Waals surface area contributed by atoms with E-state index in [1.165, 1.54) is 5.56 Å². The van der Waals surface area contributed by atoms with Crippen molar-refractivity contribution in [3.05, 3.63) is 91.2 Å². The van der Waals surface area contributed by atoms with Gasteiger partial charge in [0.25, 0.3) is 0 Å². The molecule has 0 bridgehead atoms. The normalized spacial score (nSPS) is 10.0. The maximum absolute atomic E-state index is 12.6. The van der Waals surface area contributed by atoms with Crippen molar-refractivity contribution in [1.82, 2.24) is 0 Å². The van der Waals surface area contributed by atoms with Crippen LogP contribution in [-0.4, -0.2) is 14.1 Å². The van der Waals surface area contributed by atoms with Gasteiger partial charge in [-0.25, -0.2) is 0 Å². The molecule has 0 aliphatic carbocycles. The molecule has 0 heterocycles. The molecule has 0 N–H and O–H groups in total. The van der Waals surface area contributed by atoms with Crippen LogP contribution in [0.25, 0.3) is 0 Å². The molecular formula is C22H24CrO5Si. The number of rotatable bonds is 6. The van der Waals surface area contributed by atoms with Gasteiger partial charge in [0.1, 0.15) is 0 Å². The van der Waals surface area contributed by atoms with Crippen molar-refractivity contribution < 1.29 is 40.5 Å². The first kappa shape index (κ1) is 31.7. The fraction of sp³-hybridized carbons (Fsp3) is 0.273. The predicted molar refractivity (Wildman–Crippen MR) is 106 cm³/mol. The summed E-state index contributed by atoms with van der Waals surface area (Å²) >= 11 is 0. The Balaban J connectivity index is -0.000000883. The third-order valence-electron chi connectivity index (χ3n) is 3.50. The van der Waals surface area contributed by atoms with Crippen LogP contribution < -0.4 is 0 Å². The fourth-order valence-corrected chi connectivity index (χ4v) is 3.56. The molecule has 5 nitrogen and oxygen atoms in total. The Morgan fingerprint density at radius 2 is 1.34 bits per heavy atom. The molecule has 0 spiro atoms. The zero-order chi connectivity index (χ0) is 22.2. The van der Waals surface area contributed by atoms with Crippen LogP contribution in [0, 0.1) is 26.9 Å². The van der Waals surface area contributed by atoms with E-state index in [1.807, 2.05) is 42.5 Å². The summed E-state index contributed by atoms with van der Waals surface area (Å²) in [6.07, 6.45) is 0.222. The molecule has 7 heteroatoms. The van der Waals surface area contributed by atoms with Crippen LogP contribution >= 0.6 is 0 Å². The van der Waals surface area contributed by atoms with Gasteiger partial charge in [0, 0.05) is 29.3 Å². The van der Waals surface area contributed by atoms with Gasteiger partial charge in [-0.2, -0.15) is 0 Å². The van der Waals surface area contributed by atoms with Crippen LogP contribution in [0.3, 0.4) is 0 Å². The summed E-state index contributed by atoms with van der Waals surface area (Å²) < 4.78 is 28.8. The van der Waals surface area contributed by atoms with Crippen LogP contribution in [-0.2, 0) is 35.7 Å². The number of carbonyl (C=O) groups is 1. The molecule has 0 saturated heterocycles. The number of hydrogen-bond donors (Lipinski definition) is 0. The van der Waals surface area contributed by atoms with Crippen molar-refractivity contribution in [3.8, 4) is 0 Å². The van der Waals surface area contributed by atoms with E-state index < -0.39 is 8.32 Å². The maximum Gasteiger partial charge on any atom is 0 e. The van der Waals surface area contributed by atoms with Crippen LogP contribution in [0.1, 0.15) is 34.0 Å². The average molecular weight is 449 g/mol. The second-order valence-corrected chi connectivity index (χ2v) is 11.0. The summed E-state index contributed by atoms with van der Waals surface area (Å²) in [6, 6.07) is 17.6. The van der Waals surface area contributed by atoms with Crippen molar-refractivity contribution in [2.75, 3.05) is 0 Å². The molecule has 152 valence electrons. The van der Waals surface area contributed by atoms with E-state index in [2.05, 4.69) is 58.6 Å². The molecule has 2 aromatic carbocycles. The zero-order valence-corrected chi connectivity index (χ0v) is 19.2. The summed E-state index contributed by atoms with van der Waals surface area (Å²) in [6.45, 7) is 22.0. The Labute approximate surface area is 184 Å². The minimum absolute atomic E-state index is 0. The van der Waals surface area contributed by atoms with Gasteiger partial charge < -0.3 is 4.43 Å². The monoisotopic (exact) mass is 448 g/mol. The third-order valence-corrected chi connectivity index (χ3v) is 4.49. The van der Waals surface area contributed by atoms with E-state index in [9.17, 15) is 4.79 Å². The van der Waals surface area contributed by atoms with E-state index >= 15 is 0 Å². The van der Waals surface area contributed by atoms with Gasteiger partial charge in [0.15, 0.2) is 14.1 Å². The minimum atomic E-state index is -1.75. The molecule has 0 aliphatic rings. The van der Waals surface area contributed by atoms with E-state index in [-0.39, 0.29) is 29.2 Å². The number of carbonyl (C=O) groups excluding carboxylic acids is 1. The fourth-order valence-electron chi connectivity index (χ4n) is 2.50. The Morgan fingerprint density at radius 1 is 0.897 bits per heavy atom. The largest absolute Gasteiger partial charge is 0 e. The van der Waals surface area contributed by atoms with Crippen molar-refractivity contribution in [3.63, 3.8) is 0 Å². The van der Waals surface area contributed by atoms with Crippen molar-refractivity contribution in [2.45, 2.75) is 39.1 Å². The summed E-state index contributed by atoms with van der Waals surface area (Å²) in [5.74, 6) is 0.132. The molecule has 1 atom stereocenters. The summed E-state index contributed by atoms with van der Waals surface area (Å²) in [4.78, 5) is 12.6. The molecule has 2 aromatic rings. The van der Waals surface area contributed by atoms with Crippen LogP contribution in [0.4, 0.5) is 0 Å². The quantitative estimate of drug-likeness (QED) is 0.268. The Bertz CT molecular complexity index is 750. The van der Waals surface area contributed by atoms with Crippen molar-refractivity contribution in [1.29, 1.82) is 0 Å². The number of benzene rings is 2. The zero-order valence-electron chi connectivity index (χ0n) is 16.9. The second kappa shape index (κ2) is 18.1. The predicted octanol–water partition coefficient (Wildman–Crippen LogP) is 5.05. The van der Waals surface area contributed by atoms with Crippen molar-refractivity contribution >= 4 is 14.1 Å². The maximum atomic E-state index is 12.6. The van der Waals surface area contributed by atoms with Crippen LogP contribution in [0.2, 0.25) is 19.6 Å². The SMILES string of the molecule is Cc1ccccc1[C@H](CC(=O)c1ccccc1)O[Si](C)(C)C.[C-]#[O+].[C-]#[O+].[C-]#[O+].[Cr]. The molecule has 0 unspecified atom stereocenters. The van der Waals surface area contributed by atoms with Gasteiger partial charge in [-0.3, -0.25) is 4.79 Å². The molecule has 0 aromatic heterocycles. The second-order valence-electron chi connectivity index (χ2n) is 6.57. The topological polar surface area (TPSA) is 86.0 Å². The van der Waals surface area contributed by atoms with E-state index in [1.54, 1.807) is 0 Å². The Morgan fingerprint density at radius 3 is 1.79 bits per heavy atom. The molecule has 0 fully saturated rings. The molecule has 29 heavy (non-hydrogen) atoms. The number of aryl methyl sites for hydroxylation is 1. The van der Waals surface area contributed by atoms with Crippen LogP contribution in [0.5, 0.6) is 0 Å². The van der Waals surface area contributed by atoms with Gasteiger partial charge in [-0.05, 0) is 37.7 Å². The van der Waals surface area contributed by atoms with E-state index in [0.29, 0.717) is 6.42 Å². The first-order valence-electron chi connectivity index (χ1n) is 8.29. The molecular weight excluding hydrogens is 424 g/mol. The van der Waals surface area contributed by atoms with Gasteiger partial charge in [0.05, 0.1) is 6.10 Å². The van der Waals surface area contributed by atoms with Crippen LogP contribution in [0.15, 0.2) is 54.6 Å². The molecule has 2 rings (SSSR count). The molecule has 0 saturated carbocycles. The molecule has 0 radical (unpaired) electrons. The average Bonchev–Trinajstić information content (AvgIpc) is 2.72. The van der Waals surface area contributed by atoms with Crippen molar-refractivity contribution in [2.24, 2.45) is 0 Å². The number of ketones is 1. The Hall–Kier alpha value is -1.96. The number of hydrogen-bond acceptors (Lipinski definition) is 2. The third kappa shape index (κ3) is 13.0. The van der Waals surface area contributed by atoms with E-state index in [4.69, 9.17) is 18.4 Å². The molecule has 0 amide bonds. The summed E-state index contributed by atoms with van der Waals surface area (Å²) in [5.41, 5.74) is 3.04. The van der Waals surface area contributed by atoms with Gasteiger partial charge in [-0.15, -0.1) is 0 Å². The smallest absolute Gasteiger partial charge is 0 e. The first-order chi connectivity index (χ1) is 13.4. The molecule has 0 aliphatic heterocycles. The van der Waals surface area contributed by atoms with Gasteiger partial charge in [-0.1, -0.05) is 54.6 Å². The summed E-state index contributed by atoms with van der Waals surface area (Å²) in [5, 5.41) is 0. The van der Waals surface area contributed by atoms with Gasteiger partial charge >= 0.3 is 33.9 Å². The number of Topliss-reactive ketones (excluding diaryl/α,β-unsaturated/α-hetero) is 1. The van der Waals surface area contributed by atoms with E-state index in [0.717, 1.165) is 11.1 Å². The minimum Gasteiger partial charge on any atom is 0 e.